The third kappa shape index (κ3) is 4.94. The molecule has 0 aliphatic carbocycles. The van der Waals surface area contributed by atoms with Gasteiger partial charge >= 0.3 is 29.6 Å². The van der Waals surface area contributed by atoms with Crippen molar-refractivity contribution in [3.8, 4) is 0 Å². The van der Waals surface area contributed by atoms with Crippen molar-refractivity contribution in [1.29, 1.82) is 0 Å². The van der Waals surface area contributed by atoms with Gasteiger partial charge in [0.15, 0.2) is 0 Å². The first-order valence-corrected chi connectivity index (χ1v) is 9.45. The number of nitro benzene ring substituents is 1. The van der Waals surface area contributed by atoms with Gasteiger partial charge in [0.05, 0.1) is 16.5 Å². The Kier molecular flexibility index (Phi) is 8.91. The van der Waals surface area contributed by atoms with Crippen LogP contribution in [0.5, 0.6) is 0 Å². The molecule has 2 rings (SSSR count). The molecule has 7 nitrogen and oxygen atoms in total. The Morgan fingerprint density at radius 2 is 1.35 bits per heavy atom. The molecular weight excluding hydrogens is 619 g/mol. The second-order valence-corrected chi connectivity index (χ2v) is 7.72. The number of nitrogens with zero attached hydrogens (tertiary/aromatic N) is 1. The van der Waals surface area contributed by atoms with Crippen LogP contribution >= 0.6 is 63.7 Å². The van der Waals surface area contributed by atoms with E-state index in [9.17, 15) is 24.8 Å². The molecule has 0 heterocycles. The fourth-order valence-electron chi connectivity index (χ4n) is 1.90. The van der Waals surface area contributed by atoms with Crippen LogP contribution in [0.3, 0.4) is 0 Å². The number of halogens is 4. The monoisotopic (exact) mass is 620 g/mol. The molecule has 1 N–H and O–H groups in total. The van der Waals surface area contributed by atoms with Crippen LogP contribution in [0, 0.1) is 10.1 Å². The van der Waals surface area contributed by atoms with Crippen LogP contribution in [-0.2, 0) is 0 Å². The molecule has 0 atom stereocenters. The molecular formula is C14H5Br4N2NaO5. The van der Waals surface area contributed by atoms with E-state index < -0.39 is 16.8 Å². The molecule has 1 amide bonds. The second-order valence-electron chi connectivity index (χ2n) is 4.55. The number of benzene rings is 2. The molecule has 26 heavy (non-hydrogen) atoms. The molecule has 12 heteroatoms. The molecule has 0 saturated carbocycles. The number of rotatable bonds is 4. The van der Waals surface area contributed by atoms with E-state index in [2.05, 4.69) is 69.0 Å². The van der Waals surface area contributed by atoms with E-state index >= 15 is 0 Å². The van der Waals surface area contributed by atoms with Crippen molar-refractivity contribution in [3.63, 3.8) is 0 Å². The molecule has 2 aromatic rings. The summed E-state index contributed by atoms with van der Waals surface area (Å²) in [6, 6.07) is 5.12. The minimum Gasteiger partial charge on any atom is -0.545 e. The Bertz CT molecular complexity index is 905. The Labute approximate surface area is 202 Å². The van der Waals surface area contributed by atoms with Gasteiger partial charge in [-0.2, -0.15) is 0 Å². The number of nitrogens with one attached hydrogen (secondary N) is 1. The number of carboxylic acids is 1. The van der Waals surface area contributed by atoms with Gasteiger partial charge in [-0.3, -0.25) is 14.9 Å². The first-order valence-electron chi connectivity index (χ1n) is 6.28. The molecule has 0 radical (unpaired) electrons. The van der Waals surface area contributed by atoms with E-state index in [0.29, 0.717) is 8.95 Å². The van der Waals surface area contributed by atoms with Crippen LogP contribution in [-0.4, -0.2) is 16.8 Å². The zero-order valence-corrected chi connectivity index (χ0v) is 21.2. The average Bonchev–Trinajstić information content (AvgIpc) is 2.55. The molecule has 0 aromatic heterocycles. The zero-order chi connectivity index (χ0) is 18.9. The Morgan fingerprint density at radius 3 is 1.77 bits per heavy atom. The Hall–Kier alpha value is -0.300. The topological polar surface area (TPSA) is 112 Å². The van der Waals surface area contributed by atoms with Gasteiger partial charge in [0.1, 0.15) is 0 Å². The number of nitro groups is 1. The summed E-state index contributed by atoms with van der Waals surface area (Å²) >= 11 is 12.8. The van der Waals surface area contributed by atoms with Crippen molar-refractivity contribution in [2.24, 2.45) is 0 Å². The van der Waals surface area contributed by atoms with E-state index in [-0.39, 0.29) is 61.0 Å². The van der Waals surface area contributed by atoms with Gasteiger partial charge in [0, 0.05) is 41.3 Å². The largest absolute Gasteiger partial charge is 1.00 e. The number of anilines is 1. The van der Waals surface area contributed by atoms with E-state index in [4.69, 9.17) is 0 Å². The quantitative estimate of drug-likeness (QED) is 0.181. The minimum absolute atomic E-state index is 0. The number of aromatic carboxylic acids is 1. The maximum Gasteiger partial charge on any atom is 1.00 e. The average molecular weight is 624 g/mol. The van der Waals surface area contributed by atoms with Gasteiger partial charge in [-0.1, -0.05) is 0 Å². The van der Waals surface area contributed by atoms with Crippen LogP contribution in [0.25, 0.3) is 0 Å². The minimum atomic E-state index is -1.55. The predicted molar refractivity (Wildman–Crippen MR) is 103 cm³/mol. The van der Waals surface area contributed by atoms with Crippen LogP contribution in [0.15, 0.2) is 42.2 Å². The van der Waals surface area contributed by atoms with Gasteiger partial charge in [0.25, 0.3) is 11.6 Å². The Morgan fingerprint density at radius 1 is 0.885 bits per heavy atom. The number of carboxylic acid groups (broad SMARTS) is 1. The van der Waals surface area contributed by atoms with Crippen molar-refractivity contribution < 1.29 is 49.2 Å². The maximum absolute atomic E-state index is 12.6. The fraction of sp³-hybridized carbons (Fsp3) is 0. The summed E-state index contributed by atoms with van der Waals surface area (Å²) in [6.45, 7) is 0. The summed E-state index contributed by atoms with van der Waals surface area (Å²) in [4.78, 5) is 34.1. The van der Waals surface area contributed by atoms with Gasteiger partial charge < -0.3 is 15.2 Å². The zero-order valence-electron chi connectivity index (χ0n) is 12.8. The first kappa shape index (κ1) is 23.7. The third-order valence-corrected chi connectivity index (χ3v) is 7.80. The van der Waals surface area contributed by atoms with Crippen molar-refractivity contribution >= 4 is 87.0 Å². The van der Waals surface area contributed by atoms with Crippen LogP contribution < -0.4 is 40.0 Å². The number of amides is 1. The Balaban J connectivity index is 0.00000338. The summed E-state index contributed by atoms with van der Waals surface area (Å²) in [6.07, 6.45) is 0. The van der Waals surface area contributed by atoms with Crippen molar-refractivity contribution in [3.05, 3.63) is 63.4 Å². The van der Waals surface area contributed by atoms with Crippen LogP contribution in [0.2, 0.25) is 0 Å². The summed E-state index contributed by atoms with van der Waals surface area (Å²) in [5.74, 6) is -2.27. The molecule has 0 bridgehead atoms. The molecule has 0 unspecified atom stereocenters. The third-order valence-electron chi connectivity index (χ3n) is 3.03. The standard InChI is InChI=1S/C14H6Br4N2O5.Na/c15-9-7(8(14(22)23)10(16)12(18)11(9)17)13(21)19-5-1-3-6(4-2-5)20(24)25;/h1-4H,(H,19,21)(H,22,23);/q;+1/p-1. The molecule has 0 saturated heterocycles. The van der Waals surface area contributed by atoms with Crippen LogP contribution in [0.4, 0.5) is 11.4 Å². The number of hydrogen-bond donors (Lipinski definition) is 1. The van der Waals surface area contributed by atoms with E-state index in [1.807, 2.05) is 0 Å². The molecule has 0 aliphatic rings. The number of hydrogen-bond acceptors (Lipinski definition) is 5. The number of non-ortho nitro benzene ring substituents is 1. The maximum atomic E-state index is 12.6. The van der Waals surface area contributed by atoms with E-state index in [1.165, 1.54) is 24.3 Å². The van der Waals surface area contributed by atoms with E-state index in [1.54, 1.807) is 0 Å². The molecule has 0 fully saturated rings. The normalized spacial score (nSPS) is 10.0. The molecule has 0 spiro atoms. The van der Waals surface area contributed by atoms with E-state index in [0.717, 1.165) is 0 Å². The van der Waals surface area contributed by atoms with Gasteiger partial charge in [0.2, 0.25) is 0 Å². The van der Waals surface area contributed by atoms with Gasteiger partial charge in [-0.05, 0) is 75.9 Å². The van der Waals surface area contributed by atoms with Crippen LogP contribution in [0.1, 0.15) is 20.7 Å². The van der Waals surface area contributed by atoms with Crippen molar-refractivity contribution in [2.45, 2.75) is 0 Å². The SMILES string of the molecule is O=C([O-])c1c(Br)c(Br)c(Br)c(Br)c1C(=O)Nc1ccc([N+](=O)[O-])cc1.[Na+]. The summed E-state index contributed by atoms with van der Waals surface area (Å²) in [5, 5.41) is 24.6. The van der Waals surface area contributed by atoms with Crippen molar-refractivity contribution in [2.75, 3.05) is 5.32 Å². The summed E-state index contributed by atoms with van der Waals surface area (Å²) < 4.78 is 1.17. The molecule has 2 aromatic carbocycles. The van der Waals surface area contributed by atoms with Gasteiger partial charge in [-0.25, -0.2) is 0 Å². The fourth-order valence-corrected chi connectivity index (χ4v) is 4.36. The molecule has 0 aliphatic heterocycles. The number of carbonyl (C=O) groups excluding carboxylic acids is 2. The summed E-state index contributed by atoms with van der Waals surface area (Å²) in [7, 11) is 0. The molecule has 130 valence electrons. The second kappa shape index (κ2) is 9.76. The summed E-state index contributed by atoms with van der Waals surface area (Å²) in [5.41, 5.74) is -0.382. The van der Waals surface area contributed by atoms with Gasteiger partial charge in [-0.15, -0.1) is 0 Å². The smallest absolute Gasteiger partial charge is 0.545 e. The predicted octanol–water partition coefficient (Wildman–Crippen LogP) is 1.26. The van der Waals surface area contributed by atoms with Crippen molar-refractivity contribution in [1.82, 2.24) is 0 Å². The number of carbonyl (C=O) groups is 2. The first-order chi connectivity index (χ1) is 11.6.